The largest absolute Gasteiger partial charge is 0.459 e. The average molecular weight is 551 g/mol. The van der Waals surface area contributed by atoms with Gasteiger partial charge in [-0.3, -0.25) is 0 Å². The van der Waals surface area contributed by atoms with E-state index in [2.05, 4.69) is 17.2 Å². The zero-order chi connectivity index (χ0) is 29.6. The molecule has 8 nitrogen and oxygen atoms in total. The van der Waals surface area contributed by atoms with Gasteiger partial charge in [0.1, 0.15) is 17.8 Å². The van der Waals surface area contributed by atoms with Crippen LogP contribution >= 0.6 is 0 Å². The van der Waals surface area contributed by atoms with Crippen LogP contribution in [0.5, 0.6) is 0 Å². The molecule has 216 valence electrons. The predicted molar refractivity (Wildman–Crippen MR) is 154 cm³/mol. The molecule has 1 aliphatic rings. The number of rotatable bonds is 9. The van der Waals surface area contributed by atoms with E-state index in [1.54, 1.807) is 47.6 Å². The molecule has 0 radical (unpaired) electrons. The zero-order valence-electron chi connectivity index (χ0n) is 24.5. The van der Waals surface area contributed by atoms with Gasteiger partial charge in [0.05, 0.1) is 0 Å². The van der Waals surface area contributed by atoms with Crippen molar-refractivity contribution in [2.24, 2.45) is 5.92 Å². The summed E-state index contributed by atoms with van der Waals surface area (Å²) in [5.41, 5.74) is 0.495. The molecule has 0 spiro atoms. The second kappa shape index (κ2) is 12.6. The summed E-state index contributed by atoms with van der Waals surface area (Å²) < 4.78 is 16.8. The minimum atomic E-state index is -1.48. The van der Waals surface area contributed by atoms with Gasteiger partial charge in [-0.25, -0.2) is 14.4 Å². The summed E-state index contributed by atoms with van der Waals surface area (Å²) in [5, 5.41) is 5.70. The van der Waals surface area contributed by atoms with E-state index in [4.69, 9.17) is 14.2 Å². The van der Waals surface area contributed by atoms with Crippen LogP contribution in [0.1, 0.15) is 70.2 Å². The van der Waals surface area contributed by atoms with Gasteiger partial charge in [0.25, 0.3) is 0 Å². The summed E-state index contributed by atoms with van der Waals surface area (Å²) in [5.74, 6) is -0.886. The third-order valence-corrected chi connectivity index (χ3v) is 6.44. The Balaban J connectivity index is 1.94. The molecular formula is C32H42N2O6. The fraction of sp³-hybridized carbons (Fsp3) is 0.469. The van der Waals surface area contributed by atoms with E-state index in [1.807, 2.05) is 48.5 Å². The Kier molecular flexibility index (Phi) is 9.66. The fourth-order valence-electron chi connectivity index (χ4n) is 4.85. The molecule has 40 heavy (non-hydrogen) atoms. The number of allylic oxidation sites excluding steroid dienone is 1. The Morgan fingerprint density at radius 1 is 0.950 bits per heavy atom. The summed E-state index contributed by atoms with van der Waals surface area (Å²) in [6, 6.07) is 15.2. The minimum Gasteiger partial charge on any atom is -0.459 e. The smallest absolute Gasteiger partial charge is 0.408 e. The van der Waals surface area contributed by atoms with E-state index < -0.39 is 34.9 Å². The highest BCUT2D eigenvalue weighted by Gasteiger charge is 2.55. The SMILES string of the molecule is C=CC[C@H]1Cc2ccc(CCNC(=O)OC(C)(C)C)cc2[C@@]1(NC(=O)OC(C)(C)C)C(=O)OCc1ccccc1. The predicted octanol–water partition coefficient (Wildman–Crippen LogP) is 5.97. The number of fused-ring (bicyclic) bond motifs is 1. The number of esters is 1. The summed E-state index contributed by atoms with van der Waals surface area (Å²) in [7, 11) is 0. The summed E-state index contributed by atoms with van der Waals surface area (Å²) in [6.45, 7) is 15.0. The molecule has 0 heterocycles. The third-order valence-electron chi connectivity index (χ3n) is 6.44. The van der Waals surface area contributed by atoms with Crippen molar-refractivity contribution in [3.63, 3.8) is 0 Å². The topological polar surface area (TPSA) is 103 Å². The molecule has 3 rings (SSSR count). The van der Waals surface area contributed by atoms with Gasteiger partial charge in [-0.2, -0.15) is 0 Å². The van der Waals surface area contributed by atoms with Crippen LogP contribution in [0.2, 0.25) is 0 Å². The molecule has 0 aliphatic heterocycles. The van der Waals surface area contributed by atoms with E-state index in [0.29, 0.717) is 31.4 Å². The van der Waals surface area contributed by atoms with Crippen molar-refractivity contribution in [2.45, 2.75) is 84.2 Å². The Morgan fingerprint density at radius 2 is 1.60 bits per heavy atom. The molecule has 2 aromatic rings. The van der Waals surface area contributed by atoms with Crippen LogP contribution in [0.15, 0.2) is 61.2 Å². The van der Waals surface area contributed by atoms with Gasteiger partial charge >= 0.3 is 18.2 Å². The minimum absolute atomic E-state index is 0.0626. The van der Waals surface area contributed by atoms with Crippen LogP contribution in [0.25, 0.3) is 0 Å². The molecule has 8 heteroatoms. The van der Waals surface area contributed by atoms with Crippen molar-refractivity contribution >= 4 is 18.2 Å². The third kappa shape index (κ3) is 8.10. The van der Waals surface area contributed by atoms with Crippen LogP contribution in [0, 0.1) is 5.92 Å². The molecule has 0 unspecified atom stereocenters. The highest BCUT2D eigenvalue weighted by molar-refractivity contribution is 5.89. The maximum Gasteiger partial charge on any atom is 0.408 e. The van der Waals surface area contributed by atoms with Crippen LogP contribution < -0.4 is 10.6 Å². The normalized spacial score (nSPS) is 18.3. The highest BCUT2D eigenvalue weighted by atomic mass is 16.6. The number of hydrogen-bond acceptors (Lipinski definition) is 6. The number of hydrogen-bond donors (Lipinski definition) is 2. The molecule has 2 amide bonds. The number of amides is 2. The lowest BCUT2D eigenvalue weighted by atomic mass is 9.81. The first-order chi connectivity index (χ1) is 18.7. The van der Waals surface area contributed by atoms with E-state index >= 15 is 0 Å². The molecule has 0 saturated carbocycles. The second-order valence-electron chi connectivity index (χ2n) is 12.1. The number of alkyl carbamates (subject to hydrolysis) is 2. The maximum atomic E-state index is 14.0. The van der Waals surface area contributed by atoms with Crippen molar-refractivity contribution in [1.82, 2.24) is 10.6 Å². The Bertz CT molecular complexity index is 1210. The number of ether oxygens (including phenoxy) is 3. The lowest BCUT2D eigenvalue weighted by molar-refractivity contribution is -0.156. The first kappa shape index (κ1) is 30.7. The van der Waals surface area contributed by atoms with Crippen LogP contribution in [0.4, 0.5) is 9.59 Å². The van der Waals surface area contributed by atoms with Gasteiger partial charge in [0.15, 0.2) is 5.54 Å². The maximum absolute atomic E-state index is 14.0. The summed E-state index contributed by atoms with van der Waals surface area (Å²) in [4.78, 5) is 39.3. The molecule has 0 saturated heterocycles. The average Bonchev–Trinajstić information content (AvgIpc) is 3.14. The van der Waals surface area contributed by atoms with Crippen LogP contribution in [-0.4, -0.2) is 35.9 Å². The van der Waals surface area contributed by atoms with Crippen molar-refractivity contribution in [1.29, 1.82) is 0 Å². The molecule has 0 aromatic heterocycles. The van der Waals surface area contributed by atoms with E-state index in [0.717, 1.165) is 16.7 Å². The lowest BCUT2D eigenvalue weighted by Crippen LogP contribution is -2.56. The molecule has 2 aromatic carbocycles. The van der Waals surface area contributed by atoms with Gasteiger partial charge in [-0.1, -0.05) is 54.6 Å². The van der Waals surface area contributed by atoms with Crippen molar-refractivity contribution in [3.8, 4) is 0 Å². The summed E-state index contributed by atoms with van der Waals surface area (Å²) in [6.07, 6.45) is 2.07. The molecule has 2 N–H and O–H groups in total. The lowest BCUT2D eigenvalue weighted by Gasteiger charge is -2.35. The van der Waals surface area contributed by atoms with Crippen molar-refractivity contribution in [2.75, 3.05) is 6.54 Å². The number of nitrogens with one attached hydrogen (secondary N) is 2. The fourth-order valence-corrected chi connectivity index (χ4v) is 4.85. The van der Waals surface area contributed by atoms with Crippen molar-refractivity contribution < 1.29 is 28.6 Å². The van der Waals surface area contributed by atoms with Crippen molar-refractivity contribution in [3.05, 3.63) is 83.4 Å². The molecule has 1 aliphatic carbocycles. The first-order valence-electron chi connectivity index (χ1n) is 13.7. The number of carbonyl (C=O) groups is 3. The zero-order valence-corrected chi connectivity index (χ0v) is 24.5. The molecule has 0 fully saturated rings. The summed E-state index contributed by atoms with van der Waals surface area (Å²) >= 11 is 0. The Labute approximate surface area is 237 Å². The van der Waals surface area contributed by atoms with Gasteiger partial charge in [-0.15, -0.1) is 6.58 Å². The van der Waals surface area contributed by atoms with Crippen LogP contribution in [-0.2, 0) is 44.0 Å². The van der Waals surface area contributed by atoms with Crippen LogP contribution in [0.3, 0.4) is 0 Å². The highest BCUT2D eigenvalue weighted by Crippen LogP contribution is 2.45. The quantitative estimate of drug-likeness (QED) is 0.227. The number of carbonyl (C=O) groups excluding carboxylic acids is 3. The Morgan fingerprint density at radius 3 is 2.23 bits per heavy atom. The first-order valence-corrected chi connectivity index (χ1v) is 13.7. The molecular weight excluding hydrogens is 508 g/mol. The van der Waals surface area contributed by atoms with Gasteiger partial charge < -0.3 is 24.8 Å². The van der Waals surface area contributed by atoms with E-state index in [9.17, 15) is 14.4 Å². The van der Waals surface area contributed by atoms with E-state index in [1.165, 1.54) is 0 Å². The molecule has 0 bridgehead atoms. The monoisotopic (exact) mass is 550 g/mol. The van der Waals surface area contributed by atoms with E-state index in [-0.39, 0.29) is 12.5 Å². The number of benzene rings is 2. The Hall–Kier alpha value is -3.81. The standard InChI is InChI=1S/C32H42N2O6/c1-8-12-25-20-24-16-15-22(17-18-33-28(36)39-30(2,3)4)19-26(24)32(25,34-29(37)40-31(5,6)7)27(35)38-21-23-13-10-9-11-14-23/h8-11,13-16,19,25H,1,12,17-18,20-21H2,2-7H3,(H,33,36)(H,34,37)/t25-,32+/m0/s1. The second-order valence-corrected chi connectivity index (χ2v) is 12.1. The van der Waals surface area contributed by atoms with Gasteiger partial charge in [0.2, 0.25) is 0 Å². The molecule has 2 atom stereocenters. The van der Waals surface area contributed by atoms with Gasteiger partial charge in [-0.05, 0) is 83.1 Å². The van der Waals surface area contributed by atoms with Gasteiger partial charge in [0, 0.05) is 12.5 Å².